The number of halogens is 1. The van der Waals surface area contributed by atoms with Crippen molar-refractivity contribution in [2.24, 2.45) is 0 Å². The highest BCUT2D eigenvalue weighted by atomic mass is 35.5. The molecule has 1 N–H and O–H groups in total. The lowest BCUT2D eigenvalue weighted by Gasteiger charge is -2.41. The van der Waals surface area contributed by atoms with Gasteiger partial charge in [-0.3, -0.25) is 4.79 Å². The molecule has 0 radical (unpaired) electrons. The van der Waals surface area contributed by atoms with Gasteiger partial charge in [-0.25, -0.2) is 0 Å². The number of rotatable bonds is 3. The minimum Gasteiger partial charge on any atom is -0.489 e. The number of aliphatic carboxylic acids is 1. The summed E-state index contributed by atoms with van der Waals surface area (Å²) in [5.41, 5.74) is 0.750. The molecular formula is C17H21ClO4. The molecule has 0 amide bonds. The Bertz CT molecular complexity index is 605. The summed E-state index contributed by atoms with van der Waals surface area (Å²) in [6.45, 7) is 5.24. The lowest BCUT2D eigenvalue weighted by molar-refractivity contribution is -0.147. The number of hydrogen-bond acceptors (Lipinski definition) is 3. The lowest BCUT2D eigenvalue weighted by atomic mass is 9.62. The van der Waals surface area contributed by atoms with Crippen molar-refractivity contribution in [3.8, 4) is 11.5 Å². The van der Waals surface area contributed by atoms with E-state index in [1.165, 1.54) is 0 Å². The monoisotopic (exact) mass is 324 g/mol. The molecule has 0 atom stereocenters. The number of carbonyl (C=O) groups is 1. The first-order chi connectivity index (χ1) is 10.5. The number of carboxylic acids is 1. The molecule has 3 rings (SSSR count). The zero-order valence-electron chi connectivity index (χ0n) is 12.9. The summed E-state index contributed by atoms with van der Waals surface area (Å²) in [7, 11) is 0. The topological polar surface area (TPSA) is 55.8 Å². The second-order valence-electron chi connectivity index (χ2n) is 6.42. The summed E-state index contributed by atoms with van der Waals surface area (Å²) >= 11 is 6.51. The summed E-state index contributed by atoms with van der Waals surface area (Å²) in [6.07, 6.45) is 2.97. The van der Waals surface area contributed by atoms with Gasteiger partial charge in [0, 0.05) is 23.1 Å². The van der Waals surface area contributed by atoms with Crippen molar-refractivity contribution < 1.29 is 19.4 Å². The standard InChI is InChI=1S/C17H21ClO4/c1-10(2)13-14(17(16(19)20)5-3-6-17)11(18)9-12-15(13)22-8-4-7-21-12/h9-10H,3-8H2,1-2H3,(H,19,20). The maximum absolute atomic E-state index is 11.9. The highest BCUT2D eigenvalue weighted by Gasteiger charge is 2.49. The SMILES string of the molecule is CC(C)c1c2c(cc(Cl)c1C1(C(=O)O)CCC1)OCCCO2. The summed E-state index contributed by atoms with van der Waals surface area (Å²) in [6, 6.07) is 1.73. The zero-order chi connectivity index (χ0) is 15.9. The van der Waals surface area contributed by atoms with Crippen LogP contribution in [0, 0.1) is 0 Å². The molecule has 1 aliphatic carbocycles. The molecule has 120 valence electrons. The van der Waals surface area contributed by atoms with Crippen LogP contribution in [0.4, 0.5) is 0 Å². The van der Waals surface area contributed by atoms with Gasteiger partial charge in [0.1, 0.15) is 0 Å². The van der Waals surface area contributed by atoms with Crippen molar-refractivity contribution in [3.05, 3.63) is 22.2 Å². The molecule has 0 aromatic heterocycles. The van der Waals surface area contributed by atoms with Crippen LogP contribution in [0.3, 0.4) is 0 Å². The molecule has 1 aliphatic heterocycles. The lowest BCUT2D eigenvalue weighted by Crippen LogP contribution is -2.43. The van der Waals surface area contributed by atoms with E-state index in [2.05, 4.69) is 0 Å². The molecule has 0 unspecified atom stereocenters. The predicted molar refractivity (Wildman–Crippen MR) is 84.3 cm³/mol. The first-order valence-corrected chi connectivity index (χ1v) is 8.21. The second-order valence-corrected chi connectivity index (χ2v) is 6.83. The Morgan fingerprint density at radius 2 is 1.95 bits per heavy atom. The first-order valence-electron chi connectivity index (χ1n) is 7.83. The van der Waals surface area contributed by atoms with E-state index in [9.17, 15) is 9.90 Å². The van der Waals surface area contributed by atoms with Gasteiger partial charge >= 0.3 is 5.97 Å². The smallest absolute Gasteiger partial charge is 0.314 e. The van der Waals surface area contributed by atoms with Gasteiger partial charge in [0.05, 0.1) is 18.6 Å². The minimum absolute atomic E-state index is 0.112. The predicted octanol–water partition coefficient (Wildman–Crippen LogP) is 4.13. The average molecular weight is 325 g/mol. The van der Waals surface area contributed by atoms with Crippen LogP contribution in [-0.2, 0) is 10.2 Å². The third-order valence-corrected chi connectivity index (χ3v) is 5.00. The van der Waals surface area contributed by atoms with Gasteiger partial charge in [-0.1, -0.05) is 31.9 Å². The fourth-order valence-corrected chi connectivity index (χ4v) is 3.82. The Labute approximate surface area is 135 Å². The van der Waals surface area contributed by atoms with Crippen LogP contribution in [0.2, 0.25) is 5.02 Å². The van der Waals surface area contributed by atoms with E-state index in [-0.39, 0.29) is 5.92 Å². The molecule has 1 saturated carbocycles. The van der Waals surface area contributed by atoms with Crippen LogP contribution in [0.15, 0.2) is 6.07 Å². The van der Waals surface area contributed by atoms with Crippen LogP contribution in [0.1, 0.15) is 56.6 Å². The van der Waals surface area contributed by atoms with E-state index >= 15 is 0 Å². The fraction of sp³-hybridized carbons (Fsp3) is 0.588. The average Bonchev–Trinajstić information content (AvgIpc) is 2.61. The molecule has 1 heterocycles. The molecule has 22 heavy (non-hydrogen) atoms. The number of ether oxygens (including phenoxy) is 2. The van der Waals surface area contributed by atoms with Crippen LogP contribution >= 0.6 is 11.6 Å². The van der Waals surface area contributed by atoms with Crippen molar-refractivity contribution in [1.29, 1.82) is 0 Å². The van der Waals surface area contributed by atoms with E-state index in [4.69, 9.17) is 21.1 Å². The summed E-state index contributed by atoms with van der Waals surface area (Å²) < 4.78 is 11.6. The highest BCUT2D eigenvalue weighted by Crippen LogP contribution is 2.53. The zero-order valence-corrected chi connectivity index (χ0v) is 13.7. The van der Waals surface area contributed by atoms with Gasteiger partial charge in [-0.2, -0.15) is 0 Å². The maximum atomic E-state index is 11.9. The van der Waals surface area contributed by atoms with E-state index < -0.39 is 11.4 Å². The normalized spacial score (nSPS) is 19.5. The van der Waals surface area contributed by atoms with Gasteiger partial charge in [0.15, 0.2) is 11.5 Å². The molecule has 5 heteroatoms. The third-order valence-electron chi connectivity index (χ3n) is 4.70. The molecule has 0 saturated heterocycles. The Balaban J connectivity index is 2.25. The van der Waals surface area contributed by atoms with Crippen LogP contribution in [-0.4, -0.2) is 24.3 Å². The van der Waals surface area contributed by atoms with E-state index in [0.29, 0.717) is 42.6 Å². The van der Waals surface area contributed by atoms with E-state index in [0.717, 1.165) is 24.0 Å². The quantitative estimate of drug-likeness (QED) is 0.908. The fourth-order valence-electron chi connectivity index (χ4n) is 3.44. The van der Waals surface area contributed by atoms with Crippen LogP contribution < -0.4 is 9.47 Å². The number of benzene rings is 1. The highest BCUT2D eigenvalue weighted by molar-refractivity contribution is 6.32. The number of carboxylic acid groups (broad SMARTS) is 1. The molecule has 4 nitrogen and oxygen atoms in total. The Kier molecular flexibility index (Phi) is 3.98. The maximum Gasteiger partial charge on any atom is 0.314 e. The molecular weight excluding hydrogens is 304 g/mol. The van der Waals surface area contributed by atoms with E-state index in [1.54, 1.807) is 6.07 Å². The molecule has 0 spiro atoms. The van der Waals surface area contributed by atoms with Gasteiger partial charge in [-0.15, -0.1) is 0 Å². The van der Waals surface area contributed by atoms with Gasteiger partial charge < -0.3 is 14.6 Å². The van der Waals surface area contributed by atoms with Crippen molar-refractivity contribution in [1.82, 2.24) is 0 Å². The minimum atomic E-state index is -0.874. The second kappa shape index (κ2) is 5.65. The van der Waals surface area contributed by atoms with Gasteiger partial charge in [-0.05, 0) is 24.3 Å². The molecule has 1 aromatic rings. The molecule has 2 aliphatic rings. The van der Waals surface area contributed by atoms with Crippen molar-refractivity contribution in [3.63, 3.8) is 0 Å². The number of hydrogen-bond donors (Lipinski definition) is 1. The van der Waals surface area contributed by atoms with Gasteiger partial charge in [0.25, 0.3) is 0 Å². The van der Waals surface area contributed by atoms with Crippen LogP contribution in [0.25, 0.3) is 0 Å². The number of fused-ring (bicyclic) bond motifs is 1. The summed E-state index contributed by atoms with van der Waals surface area (Å²) in [4.78, 5) is 11.9. The first kappa shape index (κ1) is 15.5. The molecule has 1 fully saturated rings. The summed E-state index contributed by atoms with van der Waals surface area (Å²) in [5, 5.41) is 10.3. The van der Waals surface area contributed by atoms with Crippen LogP contribution in [0.5, 0.6) is 11.5 Å². The Hall–Kier alpha value is -1.42. The molecule has 0 bridgehead atoms. The Morgan fingerprint density at radius 1 is 1.27 bits per heavy atom. The summed E-state index contributed by atoms with van der Waals surface area (Å²) in [5.74, 6) is 0.632. The van der Waals surface area contributed by atoms with Gasteiger partial charge in [0.2, 0.25) is 0 Å². The third kappa shape index (κ3) is 2.24. The van der Waals surface area contributed by atoms with Crippen molar-refractivity contribution in [2.45, 2.75) is 50.9 Å². The van der Waals surface area contributed by atoms with Crippen molar-refractivity contribution in [2.75, 3.05) is 13.2 Å². The Morgan fingerprint density at radius 3 is 2.50 bits per heavy atom. The van der Waals surface area contributed by atoms with E-state index in [1.807, 2.05) is 13.8 Å². The molecule has 1 aromatic carbocycles. The largest absolute Gasteiger partial charge is 0.489 e. The van der Waals surface area contributed by atoms with Crippen molar-refractivity contribution >= 4 is 17.6 Å².